The number of nitrogens with zero attached hydrogens (tertiary/aromatic N) is 2. The Labute approximate surface area is 177 Å². The van der Waals surface area contributed by atoms with Gasteiger partial charge in [-0.15, -0.1) is 0 Å². The number of ether oxygens (including phenoxy) is 1. The number of para-hydroxylation sites is 2. The first kappa shape index (κ1) is 19.7. The molecule has 0 saturated carbocycles. The highest BCUT2D eigenvalue weighted by Crippen LogP contribution is 2.25. The number of carbonyl (C=O) groups is 1. The molecule has 1 N–H and O–H groups in total. The minimum atomic E-state index is -0.278. The predicted molar refractivity (Wildman–Crippen MR) is 116 cm³/mol. The number of halogens is 1. The van der Waals surface area contributed by atoms with Crippen molar-refractivity contribution in [1.82, 2.24) is 9.38 Å². The Balaban J connectivity index is 1.53. The number of hydrogen-bond donors (Lipinski definition) is 1. The average molecular weight is 420 g/mol. The number of nitrogens with one attached hydrogen (secondary N) is 1. The zero-order valence-electron chi connectivity index (χ0n) is 16.1. The van der Waals surface area contributed by atoms with E-state index in [0.717, 1.165) is 5.56 Å². The average Bonchev–Trinajstić information content (AvgIpc) is 2.73. The molecule has 0 spiro atoms. The molecule has 0 unspecified atom stereocenters. The summed E-state index contributed by atoms with van der Waals surface area (Å²) in [5.41, 5.74) is 2.90. The standard InChI is InChI=1S/C23H18ClN3O3/c1-15-10-11-27-21(12-15)25-18(13-22(27)28)14-30-20-5-3-2-4-19(20)26-23(29)16-6-8-17(24)9-7-16/h2-13H,14H2,1H3,(H,26,29). The minimum Gasteiger partial charge on any atom is -0.485 e. The van der Waals surface area contributed by atoms with Crippen LogP contribution in [-0.2, 0) is 6.61 Å². The van der Waals surface area contributed by atoms with Gasteiger partial charge in [0, 0.05) is 22.8 Å². The molecule has 0 radical (unpaired) electrons. The normalized spacial score (nSPS) is 10.7. The highest BCUT2D eigenvalue weighted by Gasteiger charge is 2.11. The molecule has 2 aromatic heterocycles. The predicted octanol–water partition coefficient (Wildman–Crippen LogP) is 4.49. The van der Waals surface area contributed by atoms with Gasteiger partial charge in [0.1, 0.15) is 18.0 Å². The van der Waals surface area contributed by atoms with Gasteiger partial charge < -0.3 is 10.1 Å². The maximum absolute atomic E-state index is 12.5. The fraction of sp³-hybridized carbons (Fsp3) is 0.0870. The number of pyridine rings is 1. The van der Waals surface area contributed by atoms with E-state index in [2.05, 4.69) is 10.3 Å². The van der Waals surface area contributed by atoms with Gasteiger partial charge in [-0.2, -0.15) is 0 Å². The fourth-order valence-electron chi connectivity index (χ4n) is 2.97. The molecule has 0 fully saturated rings. The summed E-state index contributed by atoms with van der Waals surface area (Å²) in [6, 6.07) is 18.8. The molecular formula is C23H18ClN3O3. The van der Waals surface area contributed by atoms with Crippen molar-refractivity contribution in [2.75, 3.05) is 5.32 Å². The summed E-state index contributed by atoms with van der Waals surface area (Å²) in [5, 5.41) is 3.40. The van der Waals surface area contributed by atoms with Crippen LogP contribution in [-0.4, -0.2) is 15.3 Å². The number of fused-ring (bicyclic) bond motifs is 1. The first-order chi connectivity index (χ1) is 14.5. The van der Waals surface area contributed by atoms with Crippen molar-refractivity contribution in [3.63, 3.8) is 0 Å². The van der Waals surface area contributed by atoms with Crippen LogP contribution in [0, 0.1) is 6.92 Å². The lowest BCUT2D eigenvalue weighted by Crippen LogP contribution is -2.16. The second-order valence-electron chi connectivity index (χ2n) is 6.76. The number of aryl methyl sites for hydroxylation is 1. The molecule has 4 aromatic rings. The third kappa shape index (κ3) is 4.34. The summed E-state index contributed by atoms with van der Waals surface area (Å²) < 4.78 is 7.35. The molecule has 7 heteroatoms. The van der Waals surface area contributed by atoms with Crippen LogP contribution in [0.15, 0.2) is 77.7 Å². The number of hydrogen-bond acceptors (Lipinski definition) is 4. The summed E-state index contributed by atoms with van der Waals surface area (Å²) >= 11 is 5.88. The number of anilines is 1. The quantitative estimate of drug-likeness (QED) is 0.517. The van der Waals surface area contributed by atoms with Crippen LogP contribution in [0.5, 0.6) is 5.75 Å². The maximum atomic E-state index is 12.5. The second kappa shape index (κ2) is 8.39. The van der Waals surface area contributed by atoms with Gasteiger partial charge in [0.05, 0.1) is 11.4 Å². The van der Waals surface area contributed by atoms with Crippen LogP contribution in [0.1, 0.15) is 21.6 Å². The largest absolute Gasteiger partial charge is 0.485 e. The lowest BCUT2D eigenvalue weighted by Gasteiger charge is -2.13. The lowest BCUT2D eigenvalue weighted by atomic mass is 10.2. The van der Waals surface area contributed by atoms with E-state index in [1.165, 1.54) is 10.5 Å². The number of carbonyl (C=O) groups excluding carboxylic acids is 1. The Kier molecular flexibility index (Phi) is 5.50. The molecule has 0 aliphatic carbocycles. The van der Waals surface area contributed by atoms with Crippen molar-refractivity contribution in [2.24, 2.45) is 0 Å². The maximum Gasteiger partial charge on any atom is 0.258 e. The molecule has 30 heavy (non-hydrogen) atoms. The summed E-state index contributed by atoms with van der Waals surface area (Å²) in [5.74, 6) is 0.200. The summed E-state index contributed by atoms with van der Waals surface area (Å²) in [7, 11) is 0. The van der Waals surface area contributed by atoms with Crippen LogP contribution < -0.4 is 15.6 Å². The Bertz CT molecular complexity index is 1280. The summed E-state index contributed by atoms with van der Waals surface area (Å²) in [6.45, 7) is 2.03. The van der Waals surface area contributed by atoms with Crippen molar-refractivity contribution >= 4 is 28.8 Å². The van der Waals surface area contributed by atoms with Gasteiger partial charge in [-0.1, -0.05) is 23.7 Å². The topological polar surface area (TPSA) is 72.7 Å². The van der Waals surface area contributed by atoms with Gasteiger partial charge in [0.15, 0.2) is 0 Å². The van der Waals surface area contributed by atoms with E-state index >= 15 is 0 Å². The zero-order valence-corrected chi connectivity index (χ0v) is 16.9. The Morgan fingerprint density at radius 1 is 1.10 bits per heavy atom. The molecule has 0 bridgehead atoms. The van der Waals surface area contributed by atoms with E-state index in [1.807, 2.05) is 19.1 Å². The van der Waals surface area contributed by atoms with E-state index in [9.17, 15) is 9.59 Å². The summed E-state index contributed by atoms with van der Waals surface area (Å²) in [6.07, 6.45) is 1.70. The highest BCUT2D eigenvalue weighted by molar-refractivity contribution is 6.30. The number of benzene rings is 2. The molecule has 0 aliphatic rings. The Morgan fingerprint density at radius 2 is 1.87 bits per heavy atom. The van der Waals surface area contributed by atoms with Gasteiger partial charge in [0.25, 0.3) is 11.5 Å². The zero-order chi connectivity index (χ0) is 21.1. The van der Waals surface area contributed by atoms with Crippen LogP contribution in [0.25, 0.3) is 5.65 Å². The van der Waals surface area contributed by atoms with Crippen molar-refractivity contribution in [3.8, 4) is 5.75 Å². The van der Waals surface area contributed by atoms with Crippen LogP contribution in [0.4, 0.5) is 5.69 Å². The van der Waals surface area contributed by atoms with Gasteiger partial charge in [0.2, 0.25) is 0 Å². The monoisotopic (exact) mass is 419 g/mol. The SMILES string of the molecule is Cc1ccn2c(=O)cc(COc3ccccc3NC(=O)c3ccc(Cl)cc3)nc2c1. The van der Waals surface area contributed by atoms with E-state index in [1.54, 1.807) is 54.7 Å². The molecule has 4 rings (SSSR count). The van der Waals surface area contributed by atoms with E-state index < -0.39 is 0 Å². The van der Waals surface area contributed by atoms with Crippen molar-refractivity contribution in [3.05, 3.63) is 105 Å². The highest BCUT2D eigenvalue weighted by atomic mass is 35.5. The molecule has 2 heterocycles. The van der Waals surface area contributed by atoms with E-state index in [0.29, 0.717) is 33.4 Å². The second-order valence-corrected chi connectivity index (χ2v) is 7.20. The molecule has 0 saturated heterocycles. The van der Waals surface area contributed by atoms with E-state index in [4.69, 9.17) is 16.3 Å². The van der Waals surface area contributed by atoms with E-state index in [-0.39, 0.29) is 18.1 Å². The Hall–Kier alpha value is -3.64. The molecule has 150 valence electrons. The molecule has 0 aliphatic heterocycles. The fourth-order valence-corrected chi connectivity index (χ4v) is 3.10. The first-order valence-electron chi connectivity index (χ1n) is 9.27. The molecule has 2 aromatic carbocycles. The van der Waals surface area contributed by atoms with Gasteiger partial charge in [-0.05, 0) is 61.0 Å². The Morgan fingerprint density at radius 3 is 2.67 bits per heavy atom. The number of rotatable bonds is 5. The van der Waals surface area contributed by atoms with Crippen molar-refractivity contribution in [2.45, 2.75) is 13.5 Å². The van der Waals surface area contributed by atoms with Crippen molar-refractivity contribution < 1.29 is 9.53 Å². The van der Waals surface area contributed by atoms with Gasteiger partial charge in [-0.3, -0.25) is 14.0 Å². The molecule has 0 atom stereocenters. The molecule has 1 amide bonds. The van der Waals surface area contributed by atoms with Crippen LogP contribution >= 0.6 is 11.6 Å². The third-order valence-electron chi connectivity index (χ3n) is 4.49. The summed E-state index contributed by atoms with van der Waals surface area (Å²) in [4.78, 5) is 29.3. The van der Waals surface area contributed by atoms with Crippen LogP contribution in [0.2, 0.25) is 5.02 Å². The molecule has 6 nitrogen and oxygen atoms in total. The van der Waals surface area contributed by atoms with Crippen molar-refractivity contribution in [1.29, 1.82) is 0 Å². The molecular weight excluding hydrogens is 402 g/mol. The first-order valence-corrected chi connectivity index (χ1v) is 9.65. The number of aromatic nitrogens is 2. The van der Waals surface area contributed by atoms with Crippen LogP contribution in [0.3, 0.4) is 0 Å². The van der Waals surface area contributed by atoms with Gasteiger partial charge in [-0.25, -0.2) is 4.98 Å². The smallest absolute Gasteiger partial charge is 0.258 e. The number of amides is 1. The third-order valence-corrected chi connectivity index (χ3v) is 4.74. The lowest BCUT2D eigenvalue weighted by molar-refractivity contribution is 0.102. The minimum absolute atomic E-state index is 0.0908. The van der Waals surface area contributed by atoms with Gasteiger partial charge >= 0.3 is 0 Å².